The van der Waals surface area contributed by atoms with Crippen LogP contribution >= 0.6 is 23.2 Å². The van der Waals surface area contributed by atoms with E-state index in [1.165, 1.54) is 0 Å². The summed E-state index contributed by atoms with van der Waals surface area (Å²) in [7, 11) is -3.35. The maximum atomic E-state index is 11.8. The summed E-state index contributed by atoms with van der Waals surface area (Å²) in [6, 6.07) is 1.57. The third kappa shape index (κ3) is 3.47. The predicted molar refractivity (Wildman–Crippen MR) is 69.1 cm³/mol. The van der Waals surface area contributed by atoms with Crippen LogP contribution in [0.25, 0.3) is 0 Å². The number of rotatable bonds is 4. The second-order valence-electron chi connectivity index (χ2n) is 4.25. The van der Waals surface area contributed by atoms with E-state index in [0.29, 0.717) is 11.3 Å². The zero-order chi connectivity index (χ0) is 12.6. The number of sulfonamides is 1. The first-order valence-electron chi connectivity index (χ1n) is 5.20. The minimum absolute atomic E-state index is 0.0781. The molecule has 0 unspecified atom stereocenters. The van der Waals surface area contributed by atoms with Crippen molar-refractivity contribution in [3.8, 4) is 0 Å². The standard InChI is InChI=1S/C10H12Cl2N2O2S/c1-6-4-8(11)13-10(12)9(6)14-17(15,16)5-7-2-3-7/h4,7,14H,2-3,5H2,1H3. The lowest BCUT2D eigenvalue weighted by Gasteiger charge is -2.11. The monoisotopic (exact) mass is 294 g/mol. The number of halogens is 2. The van der Waals surface area contributed by atoms with Crippen LogP contribution in [0.1, 0.15) is 18.4 Å². The zero-order valence-corrected chi connectivity index (χ0v) is 11.5. The van der Waals surface area contributed by atoms with Crippen LogP contribution < -0.4 is 4.72 Å². The molecule has 1 aromatic rings. The Labute approximate surface area is 110 Å². The van der Waals surface area contributed by atoms with Gasteiger partial charge in [0.15, 0.2) is 5.15 Å². The molecule has 0 spiro atoms. The van der Waals surface area contributed by atoms with Crippen LogP contribution in [0.4, 0.5) is 5.69 Å². The molecule has 0 atom stereocenters. The Kier molecular flexibility index (Phi) is 3.52. The maximum absolute atomic E-state index is 11.8. The van der Waals surface area contributed by atoms with Gasteiger partial charge in [0.1, 0.15) is 5.15 Å². The van der Waals surface area contributed by atoms with Gasteiger partial charge in [0.2, 0.25) is 10.0 Å². The van der Waals surface area contributed by atoms with E-state index in [-0.39, 0.29) is 22.0 Å². The average Bonchev–Trinajstić information content (AvgIpc) is 2.94. The summed E-state index contributed by atoms with van der Waals surface area (Å²) in [4.78, 5) is 3.82. The number of pyridine rings is 1. The lowest BCUT2D eigenvalue weighted by molar-refractivity contribution is 0.597. The van der Waals surface area contributed by atoms with Gasteiger partial charge in [0.25, 0.3) is 0 Å². The smallest absolute Gasteiger partial charge is 0.233 e. The molecule has 0 radical (unpaired) electrons. The van der Waals surface area contributed by atoms with Crippen LogP contribution in [0.5, 0.6) is 0 Å². The van der Waals surface area contributed by atoms with Crippen LogP contribution in [-0.4, -0.2) is 19.2 Å². The van der Waals surface area contributed by atoms with Crippen LogP contribution in [-0.2, 0) is 10.0 Å². The highest BCUT2D eigenvalue weighted by Crippen LogP contribution is 2.32. The van der Waals surface area contributed by atoms with Gasteiger partial charge in [0, 0.05) is 0 Å². The highest BCUT2D eigenvalue weighted by atomic mass is 35.5. The zero-order valence-electron chi connectivity index (χ0n) is 9.20. The Bertz CT molecular complexity index is 518. The summed E-state index contributed by atoms with van der Waals surface area (Å²) in [5, 5.41) is 0.326. The molecule has 94 valence electrons. The van der Waals surface area contributed by atoms with Crippen molar-refractivity contribution in [2.24, 2.45) is 5.92 Å². The molecular weight excluding hydrogens is 283 g/mol. The quantitative estimate of drug-likeness (QED) is 0.869. The Morgan fingerprint density at radius 2 is 2.12 bits per heavy atom. The van der Waals surface area contributed by atoms with E-state index in [0.717, 1.165) is 12.8 Å². The summed E-state index contributed by atoms with van der Waals surface area (Å²) in [5.74, 6) is 0.428. The van der Waals surface area contributed by atoms with Crippen LogP contribution in [0.15, 0.2) is 6.07 Å². The molecule has 7 heteroatoms. The van der Waals surface area contributed by atoms with Gasteiger partial charge in [-0.25, -0.2) is 13.4 Å². The van der Waals surface area contributed by atoms with Crippen molar-refractivity contribution < 1.29 is 8.42 Å². The fraction of sp³-hybridized carbons (Fsp3) is 0.500. The van der Waals surface area contributed by atoms with E-state index in [1.54, 1.807) is 13.0 Å². The molecule has 1 aromatic heterocycles. The van der Waals surface area contributed by atoms with Crippen LogP contribution in [0.2, 0.25) is 10.3 Å². The minimum Gasteiger partial charge on any atom is -0.280 e. The second-order valence-corrected chi connectivity index (χ2v) is 6.77. The van der Waals surface area contributed by atoms with E-state index in [1.807, 2.05) is 0 Å². The molecule has 17 heavy (non-hydrogen) atoms. The topological polar surface area (TPSA) is 59.1 Å². The highest BCUT2D eigenvalue weighted by Gasteiger charge is 2.28. The molecule has 1 aliphatic rings. The van der Waals surface area contributed by atoms with Crippen molar-refractivity contribution in [3.63, 3.8) is 0 Å². The predicted octanol–water partition coefficient (Wildman–Crippen LogP) is 2.85. The van der Waals surface area contributed by atoms with Crippen LogP contribution in [0, 0.1) is 12.8 Å². The van der Waals surface area contributed by atoms with Crippen molar-refractivity contribution in [2.75, 3.05) is 10.5 Å². The first-order chi connectivity index (χ1) is 7.87. The van der Waals surface area contributed by atoms with Crippen LogP contribution in [0.3, 0.4) is 0 Å². The first kappa shape index (κ1) is 12.9. The molecule has 2 rings (SSSR count). The van der Waals surface area contributed by atoms with E-state index >= 15 is 0 Å². The van der Waals surface area contributed by atoms with Crippen molar-refractivity contribution in [2.45, 2.75) is 19.8 Å². The lowest BCUT2D eigenvalue weighted by atomic mass is 10.3. The highest BCUT2D eigenvalue weighted by molar-refractivity contribution is 7.92. The van der Waals surface area contributed by atoms with Gasteiger partial charge in [0.05, 0.1) is 11.4 Å². The largest absolute Gasteiger partial charge is 0.280 e. The number of aryl methyl sites for hydroxylation is 1. The van der Waals surface area contributed by atoms with Gasteiger partial charge in [-0.15, -0.1) is 0 Å². The summed E-state index contributed by atoms with van der Waals surface area (Å²) in [6.45, 7) is 1.73. The van der Waals surface area contributed by atoms with Gasteiger partial charge in [-0.05, 0) is 37.3 Å². The average molecular weight is 295 g/mol. The normalized spacial score (nSPS) is 15.9. The molecule has 0 aliphatic heterocycles. The molecule has 0 saturated heterocycles. The number of aromatic nitrogens is 1. The Morgan fingerprint density at radius 3 is 2.65 bits per heavy atom. The molecular formula is C10H12Cl2N2O2S. The number of hydrogen-bond acceptors (Lipinski definition) is 3. The fourth-order valence-corrected chi connectivity index (χ4v) is 3.75. The van der Waals surface area contributed by atoms with E-state index < -0.39 is 10.0 Å². The third-order valence-electron chi connectivity index (χ3n) is 2.55. The van der Waals surface area contributed by atoms with E-state index in [9.17, 15) is 8.42 Å². The second kappa shape index (κ2) is 4.63. The Balaban J connectivity index is 2.23. The van der Waals surface area contributed by atoms with Crippen molar-refractivity contribution in [3.05, 3.63) is 21.9 Å². The number of nitrogens with one attached hydrogen (secondary N) is 1. The van der Waals surface area contributed by atoms with Gasteiger partial charge >= 0.3 is 0 Å². The molecule has 4 nitrogen and oxygen atoms in total. The molecule has 1 N–H and O–H groups in total. The van der Waals surface area contributed by atoms with Crippen molar-refractivity contribution in [1.29, 1.82) is 0 Å². The number of hydrogen-bond donors (Lipinski definition) is 1. The molecule has 0 bridgehead atoms. The fourth-order valence-electron chi connectivity index (χ4n) is 1.51. The Morgan fingerprint density at radius 1 is 1.47 bits per heavy atom. The molecule has 1 aliphatic carbocycles. The lowest BCUT2D eigenvalue weighted by Crippen LogP contribution is -2.19. The van der Waals surface area contributed by atoms with Gasteiger partial charge in [-0.2, -0.15) is 0 Å². The summed E-state index contributed by atoms with van der Waals surface area (Å²) >= 11 is 11.6. The molecule has 0 amide bonds. The van der Waals surface area contributed by atoms with Crippen molar-refractivity contribution in [1.82, 2.24) is 4.98 Å². The molecule has 1 saturated carbocycles. The van der Waals surface area contributed by atoms with Crippen molar-refractivity contribution >= 4 is 38.9 Å². The molecule has 0 aromatic carbocycles. The van der Waals surface area contributed by atoms with Gasteiger partial charge < -0.3 is 0 Å². The molecule has 1 heterocycles. The van der Waals surface area contributed by atoms with Gasteiger partial charge in [-0.1, -0.05) is 23.2 Å². The first-order valence-corrected chi connectivity index (χ1v) is 7.61. The van der Waals surface area contributed by atoms with Gasteiger partial charge in [-0.3, -0.25) is 4.72 Å². The SMILES string of the molecule is Cc1cc(Cl)nc(Cl)c1NS(=O)(=O)CC1CC1. The van der Waals surface area contributed by atoms with E-state index in [4.69, 9.17) is 23.2 Å². The number of anilines is 1. The van der Waals surface area contributed by atoms with E-state index in [2.05, 4.69) is 9.71 Å². The number of nitrogens with zero attached hydrogens (tertiary/aromatic N) is 1. The maximum Gasteiger partial charge on any atom is 0.233 e. The molecule has 1 fully saturated rings. The summed E-state index contributed by atoms with van der Waals surface area (Å²) in [5.41, 5.74) is 0.978. The minimum atomic E-state index is -3.35. The third-order valence-corrected chi connectivity index (χ3v) is 4.44. The summed E-state index contributed by atoms with van der Waals surface area (Å²) < 4.78 is 26.1. The summed E-state index contributed by atoms with van der Waals surface area (Å²) in [6.07, 6.45) is 1.96. The Hall–Kier alpha value is -0.520.